The molecule has 1 aromatic heterocycles. The van der Waals surface area contributed by atoms with Crippen molar-refractivity contribution in [3.63, 3.8) is 0 Å². The Hall–Kier alpha value is -1.20. The number of rotatable bonds is 5. The molecular formula is C14H15BrN2OS. The summed E-state index contributed by atoms with van der Waals surface area (Å²) < 4.78 is 7.12. The maximum Gasteiger partial charge on any atom is 0.146 e. The second-order valence-electron chi connectivity index (χ2n) is 4.13. The van der Waals surface area contributed by atoms with E-state index in [4.69, 9.17) is 17.0 Å². The number of aromatic nitrogens is 2. The summed E-state index contributed by atoms with van der Waals surface area (Å²) in [5, 5.41) is 0. The Kier molecular flexibility index (Phi) is 5.10. The largest absolute Gasteiger partial charge is 0.486 e. The summed E-state index contributed by atoms with van der Waals surface area (Å²) in [4.78, 5) is 7.59. The van der Waals surface area contributed by atoms with E-state index in [2.05, 4.69) is 32.8 Å². The van der Waals surface area contributed by atoms with Crippen LogP contribution in [0.5, 0.6) is 5.75 Å². The zero-order chi connectivity index (χ0) is 13.7. The van der Waals surface area contributed by atoms with Crippen LogP contribution >= 0.6 is 28.1 Å². The molecule has 0 aliphatic heterocycles. The van der Waals surface area contributed by atoms with Gasteiger partial charge in [-0.2, -0.15) is 0 Å². The lowest BCUT2D eigenvalue weighted by atomic mass is 10.2. The van der Waals surface area contributed by atoms with E-state index in [1.165, 1.54) is 0 Å². The maximum absolute atomic E-state index is 5.66. The number of para-hydroxylation sites is 1. The molecule has 5 heteroatoms. The number of H-pyrrole nitrogens is 1. The van der Waals surface area contributed by atoms with Gasteiger partial charge in [-0.15, -0.1) is 0 Å². The number of hydrogen-bond acceptors (Lipinski definition) is 3. The minimum absolute atomic E-state index is 0.387. The van der Waals surface area contributed by atoms with Crippen molar-refractivity contribution in [1.29, 1.82) is 0 Å². The Balaban J connectivity index is 2.14. The highest BCUT2D eigenvalue weighted by atomic mass is 79.9. The summed E-state index contributed by atoms with van der Waals surface area (Å²) in [5.74, 6) is 1.57. The summed E-state index contributed by atoms with van der Waals surface area (Å²) in [6, 6.07) is 9.67. The lowest BCUT2D eigenvalue weighted by Crippen LogP contribution is -2.05. The van der Waals surface area contributed by atoms with Crippen LogP contribution in [0.3, 0.4) is 0 Å². The molecule has 1 aromatic carbocycles. The molecule has 0 spiro atoms. The molecule has 0 amide bonds. The number of aromatic amines is 1. The quantitative estimate of drug-likeness (QED) is 0.819. The third-order valence-corrected chi connectivity index (χ3v) is 4.02. The van der Waals surface area contributed by atoms with Crippen molar-refractivity contribution in [2.24, 2.45) is 0 Å². The number of nitrogens with one attached hydrogen (secondary N) is 1. The highest BCUT2D eigenvalue weighted by Crippen LogP contribution is 2.18. The Morgan fingerprint density at radius 2 is 2.05 bits per heavy atom. The van der Waals surface area contributed by atoms with E-state index in [-0.39, 0.29) is 0 Å². The molecule has 0 fully saturated rings. The van der Waals surface area contributed by atoms with Crippen molar-refractivity contribution < 1.29 is 4.74 Å². The van der Waals surface area contributed by atoms with E-state index in [0.717, 1.165) is 34.6 Å². The molecule has 0 bridgehead atoms. The second kappa shape index (κ2) is 6.82. The summed E-state index contributed by atoms with van der Waals surface area (Å²) in [6.45, 7) is 2.52. The average molecular weight is 339 g/mol. The minimum Gasteiger partial charge on any atom is -0.486 e. The SMILES string of the molecule is CCCc1[nH]c(COc2ccccc2)nc(=S)c1Br. The number of halogens is 1. The van der Waals surface area contributed by atoms with Crippen LogP contribution in [0, 0.1) is 4.64 Å². The van der Waals surface area contributed by atoms with Gasteiger partial charge in [0.25, 0.3) is 0 Å². The van der Waals surface area contributed by atoms with E-state index in [1.807, 2.05) is 30.3 Å². The van der Waals surface area contributed by atoms with Gasteiger partial charge in [-0.25, -0.2) is 4.98 Å². The summed E-state index contributed by atoms with van der Waals surface area (Å²) >= 11 is 8.71. The number of hydrogen-bond donors (Lipinski definition) is 1. The first-order chi connectivity index (χ1) is 9.20. The third kappa shape index (κ3) is 3.88. The van der Waals surface area contributed by atoms with Gasteiger partial charge in [0.05, 0.1) is 4.47 Å². The van der Waals surface area contributed by atoms with Crippen molar-refractivity contribution in [1.82, 2.24) is 9.97 Å². The van der Waals surface area contributed by atoms with Gasteiger partial charge in [0.15, 0.2) is 0 Å². The molecule has 3 nitrogen and oxygen atoms in total. The molecule has 2 aromatic rings. The molecule has 2 rings (SSSR count). The fourth-order valence-corrected chi connectivity index (χ4v) is 2.34. The molecule has 0 saturated carbocycles. The van der Waals surface area contributed by atoms with Crippen LogP contribution < -0.4 is 4.74 Å². The van der Waals surface area contributed by atoms with E-state index >= 15 is 0 Å². The van der Waals surface area contributed by atoms with E-state index in [9.17, 15) is 0 Å². The molecular weight excluding hydrogens is 324 g/mol. The lowest BCUT2D eigenvalue weighted by Gasteiger charge is -2.09. The van der Waals surface area contributed by atoms with Gasteiger partial charge in [-0.3, -0.25) is 0 Å². The zero-order valence-electron chi connectivity index (χ0n) is 10.6. The van der Waals surface area contributed by atoms with E-state index in [1.54, 1.807) is 0 Å². The fraction of sp³-hybridized carbons (Fsp3) is 0.286. The first-order valence-electron chi connectivity index (χ1n) is 6.16. The standard InChI is InChI=1S/C14H15BrN2OS/c1-2-6-11-13(15)14(19)17-12(16-11)9-18-10-7-4-3-5-8-10/h3-5,7-8H,2,6,9H2,1H3,(H,16,17,19). The van der Waals surface area contributed by atoms with Crippen molar-refractivity contribution in [2.45, 2.75) is 26.4 Å². The molecule has 1 N–H and O–H groups in total. The van der Waals surface area contributed by atoms with Crippen molar-refractivity contribution >= 4 is 28.1 Å². The number of ether oxygens (including phenoxy) is 1. The first kappa shape index (κ1) is 14.2. The van der Waals surface area contributed by atoms with Gasteiger partial charge in [-0.05, 0) is 34.5 Å². The maximum atomic E-state index is 5.66. The van der Waals surface area contributed by atoms with Crippen LogP contribution in [-0.4, -0.2) is 9.97 Å². The van der Waals surface area contributed by atoms with Crippen LogP contribution in [0.2, 0.25) is 0 Å². The molecule has 0 unspecified atom stereocenters. The number of nitrogens with zero attached hydrogens (tertiary/aromatic N) is 1. The van der Waals surface area contributed by atoms with Crippen molar-refractivity contribution in [2.75, 3.05) is 0 Å². The third-order valence-electron chi connectivity index (χ3n) is 2.60. The minimum atomic E-state index is 0.387. The predicted octanol–water partition coefficient (Wildman–Crippen LogP) is 4.43. The fourth-order valence-electron chi connectivity index (χ4n) is 1.72. The van der Waals surface area contributed by atoms with Crippen LogP contribution in [0.15, 0.2) is 34.8 Å². The predicted molar refractivity (Wildman–Crippen MR) is 81.9 cm³/mol. The molecule has 19 heavy (non-hydrogen) atoms. The Labute approximate surface area is 126 Å². The lowest BCUT2D eigenvalue weighted by molar-refractivity contribution is 0.295. The first-order valence-corrected chi connectivity index (χ1v) is 7.36. The van der Waals surface area contributed by atoms with Gasteiger partial charge in [0.1, 0.15) is 22.8 Å². The highest BCUT2D eigenvalue weighted by Gasteiger charge is 2.06. The van der Waals surface area contributed by atoms with Crippen LogP contribution in [0.4, 0.5) is 0 Å². The van der Waals surface area contributed by atoms with Crippen LogP contribution in [0.1, 0.15) is 24.9 Å². The average Bonchev–Trinajstić information content (AvgIpc) is 2.43. The summed E-state index contributed by atoms with van der Waals surface area (Å²) in [7, 11) is 0. The van der Waals surface area contributed by atoms with Crippen LogP contribution in [0.25, 0.3) is 0 Å². The molecule has 0 aliphatic carbocycles. The van der Waals surface area contributed by atoms with E-state index < -0.39 is 0 Å². The Morgan fingerprint density at radius 3 is 2.74 bits per heavy atom. The van der Waals surface area contributed by atoms with Gasteiger partial charge in [0, 0.05) is 5.69 Å². The Bertz CT molecular complexity index is 598. The van der Waals surface area contributed by atoms with Gasteiger partial charge < -0.3 is 9.72 Å². The summed E-state index contributed by atoms with van der Waals surface area (Å²) in [6.07, 6.45) is 1.98. The monoisotopic (exact) mass is 338 g/mol. The topological polar surface area (TPSA) is 37.9 Å². The molecule has 0 aliphatic rings. The number of aryl methyl sites for hydroxylation is 1. The molecule has 0 saturated heterocycles. The second-order valence-corrected chi connectivity index (χ2v) is 5.31. The van der Waals surface area contributed by atoms with Gasteiger partial charge in [0.2, 0.25) is 0 Å². The zero-order valence-corrected chi connectivity index (χ0v) is 13.1. The molecule has 1 heterocycles. The number of benzene rings is 1. The molecule has 0 radical (unpaired) electrons. The van der Waals surface area contributed by atoms with Crippen molar-refractivity contribution in [3.8, 4) is 5.75 Å². The van der Waals surface area contributed by atoms with Crippen molar-refractivity contribution in [3.05, 3.63) is 51.0 Å². The normalized spacial score (nSPS) is 10.4. The summed E-state index contributed by atoms with van der Waals surface area (Å²) in [5.41, 5.74) is 1.08. The molecule has 100 valence electrons. The highest BCUT2D eigenvalue weighted by molar-refractivity contribution is 9.10. The molecule has 0 atom stereocenters. The Morgan fingerprint density at radius 1 is 1.32 bits per heavy atom. The smallest absolute Gasteiger partial charge is 0.146 e. The van der Waals surface area contributed by atoms with E-state index in [0.29, 0.717) is 11.2 Å². The van der Waals surface area contributed by atoms with Crippen LogP contribution in [-0.2, 0) is 13.0 Å². The van der Waals surface area contributed by atoms with Gasteiger partial charge >= 0.3 is 0 Å². The van der Waals surface area contributed by atoms with Gasteiger partial charge in [-0.1, -0.05) is 43.8 Å².